The van der Waals surface area contributed by atoms with Gasteiger partial charge in [0, 0.05) is 18.7 Å². The van der Waals surface area contributed by atoms with Crippen molar-refractivity contribution < 1.29 is 14.2 Å². The third-order valence-corrected chi connectivity index (χ3v) is 6.03. The normalized spacial score (nSPS) is 20.5. The predicted molar refractivity (Wildman–Crippen MR) is 132 cm³/mol. The molecule has 0 bridgehead atoms. The molecule has 33 heavy (non-hydrogen) atoms. The van der Waals surface area contributed by atoms with Crippen LogP contribution in [0.2, 0.25) is 0 Å². The van der Waals surface area contributed by atoms with Gasteiger partial charge in [-0.25, -0.2) is 0 Å². The van der Waals surface area contributed by atoms with Gasteiger partial charge in [-0.3, -0.25) is 0 Å². The topological polar surface area (TPSA) is 39.7 Å². The van der Waals surface area contributed by atoms with Crippen LogP contribution in [0.3, 0.4) is 0 Å². The van der Waals surface area contributed by atoms with Crippen LogP contribution in [-0.4, -0.2) is 31.9 Å². The highest BCUT2D eigenvalue weighted by Crippen LogP contribution is 2.22. The Kier molecular flexibility index (Phi) is 9.51. The van der Waals surface area contributed by atoms with Gasteiger partial charge in [0.1, 0.15) is 0 Å². The lowest BCUT2D eigenvalue weighted by Crippen LogP contribution is -2.50. The Balaban J connectivity index is 1.26. The fraction of sp³-hybridized carbons (Fsp3) is 0.379. The lowest BCUT2D eigenvalue weighted by molar-refractivity contribution is 0.0155. The van der Waals surface area contributed by atoms with E-state index in [2.05, 4.69) is 78.1 Å². The van der Waals surface area contributed by atoms with Crippen molar-refractivity contribution in [1.82, 2.24) is 5.32 Å². The zero-order valence-electron chi connectivity index (χ0n) is 19.3. The molecule has 1 saturated heterocycles. The van der Waals surface area contributed by atoms with E-state index in [1.807, 2.05) is 18.2 Å². The van der Waals surface area contributed by atoms with Crippen molar-refractivity contribution in [3.8, 4) is 0 Å². The van der Waals surface area contributed by atoms with Crippen LogP contribution in [0, 0.1) is 5.92 Å². The zero-order valence-corrected chi connectivity index (χ0v) is 19.3. The molecule has 3 aromatic carbocycles. The highest BCUT2D eigenvalue weighted by atomic mass is 16.5. The van der Waals surface area contributed by atoms with E-state index >= 15 is 0 Å². The zero-order chi connectivity index (χ0) is 22.6. The third kappa shape index (κ3) is 8.41. The van der Waals surface area contributed by atoms with E-state index < -0.39 is 0 Å². The molecule has 0 radical (unpaired) electrons. The van der Waals surface area contributed by atoms with E-state index in [0.717, 1.165) is 19.4 Å². The Morgan fingerprint density at radius 2 is 0.879 bits per heavy atom. The molecule has 2 atom stereocenters. The van der Waals surface area contributed by atoms with Gasteiger partial charge in [-0.1, -0.05) is 91.0 Å². The standard InChI is InChI=1S/C29H35NO3/c1-4-10-24(11-5-1)18-31-21-27-16-28(22-32-19-25-12-6-2-7-13-25)30-29(17-27)23-33-20-26-14-8-3-9-15-26/h1-15,27-30H,16-23H2. The van der Waals surface area contributed by atoms with Crippen LogP contribution < -0.4 is 5.32 Å². The summed E-state index contributed by atoms with van der Waals surface area (Å²) in [6.07, 6.45) is 2.11. The molecule has 0 aromatic heterocycles. The summed E-state index contributed by atoms with van der Waals surface area (Å²) in [6.45, 7) is 4.10. The Hall–Kier alpha value is -2.50. The molecule has 1 fully saturated rings. The second-order valence-corrected chi connectivity index (χ2v) is 8.90. The Bertz CT molecular complexity index is 775. The molecule has 3 aromatic rings. The molecule has 4 rings (SSSR count). The van der Waals surface area contributed by atoms with Crippen LogP contribution in [0.4, 0.5) is 0 Å². The van der Waals surface area contributed by atoms with Gasteiger partial charge in [-0.2, -0.15) is 0 Å². The lowest BCUT2D eigenvalue weighted by Gasteiger charge is -2.36. The molecule has 1 N–H and O–H groups in total. The molecule has 174 valence electrons. The fourth-order valence-electron chi connectivity index (χ4n) is 4.44. The van der Waals surface area contributed by atoms with Crippen molar-refractivity contribution in [3.63, 3.8) is 0 Å². The van der Waals surface area contributed by atoms with Gasteiger partial charge in [0.25, 0.3) is 0 Å². The first-order chi connectivity index (χ1) is 16.3. The molecular formula is C29H35NO3. The van der Waals surface area contributed by atoms with Crippen LogP contribution in [0.1, 0.15) is 29.5 Å². The lowest BCUT2D eigenvalue weighted by atomic mass is 9.88. The average molecular weight is 446 g/mol. The smallest absolute Gasteiger partial charge is 0.0717 e. The number of nitrogens with one attached hydrogen (secondary N) is 1. The molecule has 1 aliphatic heterocycles. The van der Waals surface area contributed by atoms with Gasteiger partial charge >= 0.3 is 0 Å². The highest BCUT2D eigenvalue weighted by molar-refractivity contribution is 5.14. The summed E-state index contributed by atoms with van der Waals surface area (Å²) in [5.41, 5.74) is 3.63. The molecule has 0 saturated carbocycles. The Labute approximate surface area is 197 Å². The van der Waals surface area contributed by atoms with Crippen LogP contribution in [0.15, 0.2) is 91.0 Å². The molecule has 0 amide bonds. The highest BCUT2D eigenvalue weighted by Gasteiger charge is 2.28. The van der Waals surface area contributed by atoms with Crippen LogP contribution in [-0.2, 0) is 34.0 Å². The summed E-state index contributed by atoms with van der Waals surface area (Å²) in [5, 5.41) is 3.76. The van der Waals surface area contributed by atoms with Crippen molar-refractivity contribution in [2.45, 2.75) is 44.7 Å². The quantitative estimate of drug-likeness (QED) is 0.407. The fourth-order valence-corrected chi connectivity index (χ4v) is 4.44. The summed E-state index contributed by atoms with van der Waals surface area (Å²) in [4.78, 5) is 0. The van der Waals surface area contributed by atoms with Gasteiger partial charge in [0.2, 0.25) is 0 Å². The molecule has 1 aliphatic rings. The van der Waals surface area contributed by atoms with Crippen molar-refractivity contribution in [3.05, 3.63) is 108 Å². The maximum Gasteiger partial charge on any atom is 0.0717 e. The predicted octanol–water partition coefficient (Wildman–Crippen LogP) is 5.37. The molecule has 2 unspecified atom stereocenters. The summed E-state index contributed by atoms with van der Waals surface area (Å²) in [5.74, 6) is 0.491. The summed E-state index contributed by atoms with van der Waals surface area (Å²) in [6, 6.07) is 31.7. The second kappa shape index (κ2) is 13.3. The third-order valence-electron chi connectivity index (χ3n) is 6.03. The second-order valence-electron chi connectivity index (χ2n) is 8.90. The molecule has 0 aliphatic carbocycles. The molecule has 4 heteroatoms. The molecule has 1 heterocycles. The maximum atomic E-state index is 6.09. The minimum absolute atomic E-state index is 0.304. The number of hydrogen-bond donors (Lipinski definition) is 1. The minimum atomic E-state index is 0.304. The van der Waals surface area contributed by atoms with Gasteiger partial charge in [0.05, 0.1) is 33.0 Å². The Morgan fingerprint density at radius 3 is 1.27 bits per heavy atom. The number of piperidine rings is 1. The van der Waals surface area contributed by atoms with Crippen LogP contribution >= 0.6 is 0 Å². The maximum absolute atomic E-state index is 6.09. The number of ether oxygens (including phenoxy) is 3. The van der Waals surface area contributed by atoms with Crippen LogP contribution in [0.25, 0.3) is 0 Å². The SMILES string of the molecule is c1ccc(COCC2CC(COCc3ccccc3)NC(COCc3ccccc3)C2)cc1. The molecule has 0 spiro atoms. The number of benzene rings is 3. The van der Waals surface area contributed by atoms with Crippen molar-refractivity contribution in [2.75, 3.05) is 19.8 Å². The van der Waals surface area contributed by atoms with Gasteiger partial charge < -0.3 is 19.5 Å². The monoisotopic (exact) mass is 445 g/mol. The molecule has 4 nitrogen and oxygen atoms in total. The first kappa shape index (κ1) is 23.7. The van der Waals surface area contributed by atoms with Crippen molar-refractivity contribution in [2.24, 2.45) is 5.92 Å². The summed E-state index contributed by atoms with van der Waals surface area (Å²) >= 11 is 0. The van der Waals surface area contributed by atoms with E-state index in [1.54, 1.807) is 0 Å². The van der Waals surface area contributed by atoms with E-state index in [9.17, 15) is 0 Å². The van der Waals surface area contributed by atoms with Crippen LogP contribution in [0.5, 0.6) is 0 Å². The first-order valence-corrected chi connectivity index (χ1v) is 12.0. The molecular weight excluding hydrogens is 410 g/mol. The van der Waals surface area contributed by atoms with Gasteiger partial charge in [-0.15, -0.1) is 0 Å². The van der Waals surface area contributed by atoms with Gasteiger partial charge in [0.15, 0.2) is 0 Å². The van der Waals surface area contributed by atoms with Crippen molar-refractivity contribution >= 4 is 0 Å². The summed E-state index contributed by atoms with van der Waals surface area (Å²) in [7, 11) is 0. The largest absolute Gasteiger partial charge is 0.376 e. The first-order valence-electron chi connectivity index (χ1n) is 12.0. The summed E-state index contributed by atoms with van der Waals surface area (Å²) < 4.78 is 18.2. The minimum Gasteiger partial charge on any atom is -0.376 e. The van der Waals surface area contributed by atoms with E-state index in [1.165, 1.54) is 16.7 Å². The van der Waals surface area contributed by atoms with Gasteiger partial charge in [-0.05, 0) is 35.4 Å². The van der Waals surface area contributed by atoms with E-state index in [4.69, 9.17) is 14.2 Å². The number of rotatable bonds is 12. The number of hydrogen-bond acceptors (Lipinski definition) is 4. The van der Waals surface area contributed by atoms with E-state index in [0.29, 0.717) is 51.0 Å². The van der Waals surface area contributed by atoms with Crippen molar-refractivity contribution in [1.29, 1.82) is 0 Å². The van der Waals surface area contributed by atoms with E-state index in [-0.39, 0.29) is 0 Å². The Morgan fingerprint density at radius 1 is 0.515 bits per heavy atom. The average Bonchev–Trinajstić information content (AvgIpc) is 2.86.